The van der Waals surface area contributed by atoms with Crippen LogP contribution in [0.1, 0.15) is 70.6 Å². The predicted octanol–water partition coefficient (Wildman–Crippen LogP) is 3.36. The lowest BCUT2D eigenvalue weighted by Crippen LogP contribution is -2.48. The van der Waals surface area contributed by atoms with Crippen LogP contribution >= 0.6 is 0 Å². The first-order valence-corrected chi connectivity index (χ1v) is 9.21. The number of carbonyl (C=O) groups excluding carboxylic acids is 1. The van der Waals surface area contributed by atoms with Gasteiger partial charge in [-0.3, -0.25) is 4.79 Å². The zero-order valence-electron chi connectivity index (χ0n) is 13.3. The highest BCUT2D eigenvalue weighted by Crippen LogP contribution is 2.43. The van der Waals surface area contributed by atoms with Crippen LogP contribution in [-0.2, 0) is 4.79 Å². The van der Waals surface area contributed by atoms with Crippen LogP contribution in [0.15, 0.2) is 0 Å². The Morgan fingerprint density at radius 3 is 2.38 bits per heavy atom. The number of hydrogen-bond donors (Lipinski definition) is 1. The molecular formula is C18H31NO2. The summed E-state index contributed by atoms with van der Waals surface area (Å²) in [5.74, 6) is 2.43. The number of hydrogen-bond acceptors (Lipinski definition) is 2. The first-order chi connectivity index (χ1) is 10.3. The quantitative estimate of drug-likeness (QED) is 0.844. The smallest absolute Gasteiger partial charge is 0.225 e. The summed E-state index contributed by atoms with van der Waals surface area (Å²) in [4.78, 5) is 15.1. The lowest BCUT2D eigenvalue weighted by molar-refractivity contribution is -0.142. The van der Waals surface area contributed by atoms with Gasteiger partial charge in [-0.05, 0) is 56.8 Å². The van der Waals surface area contributed by atoms with Gasteiger partial charge < -0.3 is 10.0 Å². The second kappa shape index (κ2) is 7.13. The van der Waals surface area contributed by atoms with Gasteiger partial charge in [-0.1, -0.05) is 25.7 Å². The van der Waals surface area contributed by atoms with Crippen LogP contribution in [0.5, 0.6) is 0 Å². The molecule has 0 heterocycles. The van der Waals surface area contributed by atoms with Crippen molar-refractivity contribution in [2.24, 2.45) is 17.8 Å². The van der Waals surface area contributed by atoms with E-state index in [1.807, 2.05) is 0 Å². The lowest BCUT2D eigenvalue weighted by Gasteiger charge is -2.43. The van der Waals surface area contributed by atoms with Gasteiger partial charge in [0, 0.05) is 25.1 Å². The minimum atomic E-state index is 0.200. The van der Waals surface area contributed by atoms with E-state index in [2.05, 4.69) is 4.90 Å². The SMILES string of the molecule is O=C(C1CCC2CCCCC2C1)N(CCCO)C1CCC1. The van der Waals surface area contributed by atoms with Crippen LogP contribution in [0.4, 0.5) is 0 Å². The maximum absolute atomic E-state index is 13.0. The van der Waals surface area contributed by atoms with Crippen molar-refractivity contribution in [1.29, 1.82) is 0 Å². The average molecular weight is 293 g/mol. The minimum absolute atomic E-state index is 0.200. The molecule has 21 heavy (non-hydrogen) atoms. The number of rotatable bonds is 5. The molecule has 0 spiro atoms. The van der Waals surface area contributed by atoms with Gasteiger partial charge in [-0.15, -0.1) is 0 Å². The Kier molecular flexibility index (Phi) is 5.20. The van der Waals surface area contributed by atoms with Gasteiger partial charge in [-0.25, -0.2) is 0 Å². The summed E-state index contributed by atoms with van der Waals surface area (Å²) < 4.78 is 0. The van der Waals surface area contributed by atoms with E-state index >= 15 is 0 Å². The average Bonchev–Trinajstić information content (AvgIpc) is 2.48. The summed E-state index contributed by atoms with van der Waals surface area (Å²) in [6, 6.07) is 0.480. The van der Waals surface area contributed by atoms with Crippen molar-refractivity contribution in [3.63, 3.8) is 0 Å². The summed E-state index contributed by atoms with van der Waals surface area (Å²) in [6.45, 7) is 0.969. The molecule has 0 bridgehead atoms. The molecule has 120 valence electrons. The van der Waals surface area contributed by atoms with E-state index in [1.54, 1.807) is 0 Å². The van der Waals surface area contributed by atoms with E-state index in [0.29, 0.717) is 11.9 Å². The van der Waals surface area contributed by atoms with Crippen molar-refractivity contribution in [1.82, 2.24) is 4.90 Å². The molecule has 3 saturated carbocycles. The fourth-order valence-electron chi connectivity index (χ4n) is 4.74. The highest BCUT2D eigenvalue weighted by atomic mass is 16.3. The summed E-state index contributed by atoms with van der Waals surface area (Å²) in [5.41, 5.74) is 0. The summed E-state index contributed by atoms with van der Waals surface area (Å²) in [7, 11) is 0. The third-order valence-corrected chi connectivity index (χ3v) is 6.24. The summed E-state index contributed by atoms with van der Waals surface area (Å²) >= 11 is 0. The Bertz CT molecular complexity index is 353. The molecule has 1 amide bonds. The van der Waals surface area contributed by atoms with Crippen molar-refractivity contribution in [3.05, 3.63) is 0 Å². The molecule has 3 atom stereocenters. The highest BCUT2D eigenvalue weighted by molar-refractivity contribution is 5.79. The van der Waals surface area contributed by atoms with E-state index in [1.165, 1.54) is 51.4 Å². The van der Waals surface area contributed by atoms with E-state index in [0.717, 1.165) is 37.6 Å². The Balaban J connectivity index is 1.59. The van der Waals surface area contributed by atoms with Crippen molar-refractivity contribution in [2.75, 3.05) is 13.2 Å². The van der Waals surface area contributed by atoms with Crippen LogP contribution < -0.4 is 0 Å². The van der Waals surface area contributed by atoms with Gasteiger partial charge in [0.1, 0.15) is 0 Å². The second-order valence-corrected chi connectivity index (χ2v) is 7.51. The molecule has 3 aliphatic rings. The number of aliphatic hydroxyl groups is 1. The maximum atomic E-state index is 13.0. The zero-order chi connectivity index (χ0) is 14.7. The molecule has 3 fully saturated rings. The molecular weight excluding hydrogens is 262 g/mol. The standard InChI is InChI=1S/C18H31NO2/c20-12-4-11-19(17-7-3-8-17)18(21)16-10-9-14-5-1-2-6-15(14)13-16/h14-17,20H,1-13H2. The lowest BCUT2D eigenvalue weighted by atomic mass is 9.67. The molecule has 1 N–H and O–H groups in total. The van der Waals surface area contributed by atoms with Crippen molar-refractivity contribution < 1.29 is 9.90 Å². The second-order valence-electron chi connectivity index (χ2n) is 7.51. The van der Waals surface area contributed by atoms with Gasteiger partial charge >= 0.3 is 0 Å². The number of carbonyl (C=O) groups is 1. The topological polar surface area (TPSA) is 40.5 Å². The molecule has 0 aliphatic heterocycles. The first-order valence-electron chi connectivity index (χ1n) is 9.21. The van der Waals surface area contributed by atoms with Gasteiger partial charge in [0.15, 0.2) is 0 Å². The molecule has 3 rings (SSSR count). The molecule has 3 heteroatoms. The molecule has 0 aromatic heterocycles. The van der Waals surface area contributed by atoms with E-state index in [-0.39, 0.29) is 12.5 Å². The largest absolute Gasteiger partial charge is 0.396 e. The monoisotopic (exact) mass is 293 g/mol. The van der Waals surface area contributed by atoms with Crippen molar-refractivity contribution in [3.8, 4) is 0 Å². The van der Waals surface area contributed by atoms with Crippen LogP contribution in [-0.4, -0.2) is 35.1 Å². The first kappa shape index (κ1) is 15.3. The van der Waals surface area contributed by atoms with E-state index < -0.39 is 0 Å². The van der Waals surface area contributed by atoms with Crippen LogP contribution in [0.2, 0.25) is 0 Å². The fourth-order valence-corrected chi connectivity index (χ4v) is 4.74. The predicted molar refractivity (Wildman–Crippen MR) is 83.8 cm³/mol. The molecule has 3 unspecified atom stereocenters. The molecule has 0 saturated heterocycles. The zero-order valence-corrected chi connectivity index (χ0v) is 13.3. The maximum Gasteiger partial charge on any atom is 0.225 e. The molecule has 3 aliphatic carbocycles. The van der Waals surface area contributed by atoms with Gasteiger partial charge in [-0.2, -0.15) is 0 Å². The fraction of sp³-hybridized carbons (Fsp3) is 0.944. The molecule has 0 aromatic carbocycles. The minimum Gasteiger partial charge on any atom is -0.396 e. The van der Waals surface area contributed by atoms with E-state index in [4.69, 9.17) is 5.11 Å². The Hall–Kier alpha value is -0.570. The van der Waals surface area contributed by atoms with Crippen LogP contribution in [0.3, 0.4) is 0 Å². The Labute approximate surface area is 129 Å². The van der Waals surface area contributed by atoms with Crippen molar-refractivity contribution in [2.45, 2.75) is 76.7 Å². The van der Waals surface area contributed by atoms with Gasteiger partial charge in [0.05, 0.1) is 0 Å². The molecule has 3 nitrogen and oxygen atoms in total. The number of fused-ring (bicyclic) bond motifs is 1. The molecule has 0 radical (unpaired) electrons. The van der Waals surface area contributed by atoms with Crippen LogP contribution in [0.25, 0.3) is 0 Å². The molecule has 0 aromatic rings. The summed E-state index contributed by atoms with van der Waals surface area (Å²) in [6.07, 6.45) is 13.4. The normalized spacial score (nSPS) is 33.1. The van der Waals surface area contributed by atoms with Gasteiger partial charge in [0.25, 0.3) is 0 Å². The Morgan fingerprint density at radius 2 is 1.71 bits per heavy atom. The van der Waals surface area contributed by atoms with Gasteiger partial charge in [0.2, 0.25) is 5.91 Å². The van der Waals surface area contributed by atoms with Crippen molar-refractivity contribution >= 4 is 5.91 Å². The summed E-state index contributed by atoms with van der Waals surface area (Å²) in [5, 5.41) is 9.10. The highest BCUT2D eigenvalue weighted by Gasteiger charge is 2.38. The third kappa shape index (κ3) is 3.44. The number of nitrogens with zero attached hydrogens (tertiary/aromatic N) is 1. The van der Waals surface area contributed by atoms with E-state index in [9.17, 15) is 4.79 Å². The third-order valence-electron chi connectivity index (χ3n) is 6.24. The van der Waals surface area contributed by atoms with Crippen LogP contribution in [0, 0.1) is 17.8 Å². The number of amides is 1. The number of aliphatic hydroxyl groups excluding tert-OH is 1. The Morgan fingerprint density at radius 1 is 0.952 bits per heavy atom.